The van der Waals surface area contributed by atoms with E-state index in [0.717, 1.165) is 11.1 Å². The van der Waals surface area contributed by atoms with Crippen LogP contribution in [-0.4, -0.2) is 12.0 Å². The van der Waals surface area contributed by atoms with Gasteiger partial charge in [-0.05, 0) is 53.9 Å². The normalized spacial score (nSPS) is 11.9. The van der Waals surface area contributed by atoms with Gasteiger partial charge in [0.1, 0.15) is 5.75 Å². The molecule has 0 radical (unpaired) electrons. The second-order valence-electron chi connectivity index (χ2n) is 5.98. The molecule has 1 amide bonds. The highest BCUT2D eigenvalue weighted by molar-refractivity contribution is 5.83. The molecule has 0 aliphatic heterocycles. The third-order valence-corrected chi connectivity index (χ3v) is 3.95. The fraction of sp³-hybridized carbons (Fsp3) is 0.190. The molecule has 0 fully saturated rings. The molecule has 3 aromatic rings. The molecule has 1 atom stereocenters. The van der Waals surface area contributed by atoms with Gasteiger partial charge in [0, 0.05) is 6.54 Å². The fourth-order valence-corrected chi connectivity index (χ4v) is 2.63. The number of aryl methyl sites for hydroxylation is 1. The van der Waals surface area contributed by atoms with Crippen molar-refractivity contribution in [1.82, 2.24) is 5.32 Å². The molecule has 3 nitrogen and oxygen atoms in total. The highest BCUT2D eigenvalue weighted by atomic mass is 16.5. The number of rotatable bonds is 5. The van der Waals surface area contributed by atoms with E-state index in [-0.39, 0.29) is 5.91 Å². The lowest BCUT2D eigenvalue weighted by Gasteiger charge is -2.15. The lowest BCUT2D eigenvalue weighted by atomic mass is 10.1. The summed E-state index contributed by atoms with van der Waals surface area (Å²) in [6, 6.07) is 22.1. The average Bonchev–Trinajstić information content (AvgIpc) is 2.59. The van der Waals surface area contributed by atoms with E-state index in [9.17, 15) is 4.79 Å². The number of benzene rings is 3. The Morgan fingerprint density at radius 2 is 1.79 bits per heavy atom. The largest absolute Gasteiger partial charge is 0.481 e. The van der Waals surface area contributed by atoms with Crippen LogP contribution in [0.5, 0.6) is 5.75 Å². The smallest absolute Gasteiger partial charge is 0.261 e. The van der Waals surface area contributed by atoms with Crippen molar-refractivity contribution in [2.24, 2.45) is 0 Å². The van der Waals surface area contributed by atoms with E-state index < -0.39 is 6.10 Å². The number of hydrogen-bond acceptors (Lipinski definition) is 2. The van der Waals surface area contributed by atoms with Gasteiger partial charge in [0.2, 0.25) is 0 Å². The van der Waals surface area contributed by atoms with Crippen LogP contribution < -0.4 is 10.1 Å². The van der Waals surface area contributed by atoms with Crippen molar-refractivity contribution in [3.63, 3.8) is 0 Å². The van der Waals surface area contributed by atoms with Crippen molar-refractivity contribution >= 4 is 16.7 Å². The Hall–Kier alpha value is -2.81. The molecule has 1 unspecified atom stereocenters. The van der Waals surface area contributed by atoms with Crippen molar-refractivity contribution in [3.8, 4) is 5.75 Å². The number of hydrogen-bond donors (Lipinski definition) is 1. The molecular formula is C21H21NO2. The second kappa shape index (κ2) is 7.18. The molecule has 0 aliphatic carbocycles. The molecule has 0 bridgehead atoms. The molecule has 0 aromatic heterocycles. The van der Waals surface area contributed by atoms with E-state index >= 15 is 0 Å². The Labute approximate surface area is 142 Å². The van der Waals surface area contributed by atoms with Gasteiger partial charge in [0.25, 0.3) is 5.91 Å². The van der Waals surface area contributed by atoms with Crippen LogP contribution >= 0.6 is 0 Å². The Morgan fingerprint density at radius 1 is 1.00 bits per heavy atom. The average molecular weight is 319 g/mol. The number of ether oxygens (including phenoxy) is 1. The van der Waals surface area contributed by atoms with E-state index in [2.05, 4.69) is 29.6 Å². The van der Waals surface area contributed by atoms with E-state index in [1.807, 2.05) is 49.4 Å². The van der Waals surface area contributed by atoms with Crippen LogP contribution in [0.15, 0.2) is 66.7 Å². The predicted octanol–water partition coefficient (Wildman–Crippen LogP) is 4.23. The summed E-state index contributed by atoms with van der Waals surface area (Å²) >= 11 is 0. The summed E-state index contributed by atoms with van der Waals surface area (Å²) in [5, 5.41) is 5.31. The molecule has 1 N–H and O–H groups in total. The minimum Gasteiger partial charge on any atom is -0.481 e. The van der Waals surface area contributed by atoms with Gasteiger partial charge in [-0.3, -0.25) is 4.79 Å². The molecule has 24 heavy (non-hydrogen) atoms. The molecule has 3 aromatic carbocycles. The van der Waals surface area contributed by atoms with Gasteiger partial charge in [0.05, 0.1) is 0 Å². The van der Waals surface area contributed by atoms with Gasteiger partial charge < -0.3 is 10.1 Å². The maximum atomic E-state index is 12.2. The number of carbonyl (C=O) groups excluding carboxylic acids is 1. The maximum absolute atomic E-state index is 12.2. The highest BCUT2D eigenvalue weighted by Gasteiger charge is 2.14. The predicted molar refractivity (Wildman–Crippen MR) is 97.1 cm³/mol. The van der Waals surface area contributed by atoms with Crippen LogP contribution in [0.4, 0.5) is 0 Å². The first kappa shape index (κ1) is 16.1. The van der Waals surface area contributed by atoms with Crippen LogP contribution in [0.2, 0.25) is 0 Å². The third-order valence-electron chi connectivity index (χ3n) is 3.95. The molecule has 0 heterocycles. The number of nitrogens with one attached hydrogen (secondary N) is 1. The van der Waals surface area contributed by atoms with Gasteiger partial charge >= 0.3 is 0 Å². The lowest BCUT2D eigenvalue weighted by molar-refractivity contribution is -0.127. The monoisotopic (exact) mass is 319 g/mol. The lowest BCUT2D eigenvalue weighted by Crippen LogP contribution is -2.35. The summed E-state index contributed by atoms with van der Waals surface area (Å²) in [7, 11) is 0. The van der Waals surface area contributed by atoms with Gasteiger partial charge in [-0.1, -0.05) is 48.5 Å². The van der Waals surface area contributed by atoms with Crippen molar-refractivity contribution in [2.45, 2.75) is 26.5 Å². The fourth-order valence-electron chi connectivity index (χ4n) is 2.63. The summed E-state index contributed by atoms with van der Waals surface area (Å²) in [4.78, 5) is 12.2. The molecule has 0 aliphatic rings. The zero-order valence-electron chi connectivity index (χ0n) is 14.0. The molecule has 3 heteroatoms. The molecule has 3 rings (SSSR count). The van der Waals surface area contributed by atoms with Gasteiger partial charge in [-0.2, -0.15) is 0 Å². The van der Waals surface area contributed by atoms with Crippen molar-refractivity contribution in [1.29, 1.82) is 0 Å². The minimum absolute atomic E-state index is 0.121. The minimum atomic E-state index is -0.535. The zero-order valence-corrected chi connectivity index (χ0v) is 14.0. The van der Waals surface area contributed by atoms with Crippen LogP contribution in [0.1, 0.15) is 18.1 Å². The topological polar surface area (TPSA) is 38.3 Å². The molecule has 0 saturated heterocycles. The number of amides is 1. The van der Waals surface area contributed by atoms with Crippen molar-refractivity contribution in [3.05, 3.63) is 77.9 Å². The quantitative estimate of drug-likeness (QED) is 0.764. The molecule has 0 spiro atoms. The third kappa shape index (κ3) is 3.93. The van der Waals surface area contributed by atoms with E-state index in [4.69, 9.17) is 4.74 Å². The van der Waals surface area contributed by atoms with Crippen molar-refractivity contribution < 1.29 is 9.53 Å². The summed E-state index contributed by atoms with van der Waals surface area (Å²) in [6.45, 7) is 4.25. The van der Waals surface area contributed by atoms with Gasteiger partial charge in [-0.15, -0.1) is 0 Å². The SMILES string of the molecule is Cc1cccc(OC(C)C(=O)NCc2ccc3ccccc3c2)c1. The summed E-state index contributed by atoms with van der Waals surface area (Å²) < 4.78 is 5.70. The maximum Gasteiger partial charge on any atom is 0.261 e. The Morgan fingerprint density at radius 3 is 2.58 bits per heavy atom. The second-order valence-corrected chi connectivity index (χ2v) is 5.98. The van der Waals surface area contributed by atoms with Crippen LogP contribution in [0.3, 0.4) is 0 Å². The summed E-state index contributed by atoms with van der Waals surface area (Å²) in [5.41, 5.74) is 2.18. The highest BCUT2D eigenvalue weighted by Crippen LogP contribution is 2.16. The van der Waals surface area contributed by atoms with Gasteiger partial charge in [0.15, 0.2) is 6.10 Å². The molecular weight excluding hydrogens is 298 g/mol. The first-order valence-electron chi connectivity index (χ1n) is 8.10. The first-order chi connectivity index (χ1) is 11.6. The van der Waals surface area contributed by atoms with E-state index in [1.54, 1.807) is 6.92 Å². The molecule has 122 valence electrons. The van der Waals surface area contributed by atoms with E-state index in [0.29, 0.717) is 12.3 Å². The zero-order chi connectivity index (χ0) is 16.9. The first-order valence-corrected chi connectivity index (χ1v) is 8.10. The number of carbonyl (C=O) groups is 1. The Balaban J connectivity index is 1.59. The summed E-state index contributed by atoms with van der Waals surface area (Å²) in [6.07, 6.45) is -0.535. The van der Waals surface area contributed by atoms with Crippen LogP contribution in [0, 0.1) is 6.92 Å². The van der Waals surface area contributed by atoms with E-state index in [1.165, 1.54) is 10.8 Å². The Kier molecular flexibility index (Phi) is 4.80. The number of fused-ring (bicyclic) bond motifs is 1. The standard InChI is InChI=1S/C21H21NO2/c1-15-6-5-9-20(12-15)24-16(2)21(23)22-14-17-10-11-18-7-3-4-8-19(18)13-17/h3-13,16H,14H2,1-2H3,(H,22,23). The van der Waals surface area contributed by atoms with Crippen LogP contribution in [-0.2, 0) is 11.3 Å². The van der Waals surface area contributed by atoms with Crippen molar-refractivity contribution in [2.75, 3.05) is 0 Å². The Bertz CT molecular complexity index is 857. The molecule has 0 saturated carbocycles. The van der Waals surface area contributed by atoms with Crippen LogP contribution in [0.25, 0.3) is 10.8 Å². The van der Waals surface area contributed by atoms with Gasteiger partial charge in [-0.25, -0.2) is 0 Å². The summed E-state index contributed by atoms with van der Waals surface area (Å²) in [5.74, 6) is 0.591.